The van der Waals surface area contributed by atoms with Gasteiger partial charge in [0.25, 0.3) is 0 Å². The van der Waals surface area contributed by atoms with Crippen molar-refractivity contribution in [1.29, 1.82) is 0 Å². The van der Waals surface area contributed by atoms with Crippen LogP contribution in [0.15, 0.2) is 48.5 Å². The lowest BCUT2D eigenvalue weighted by Crippen LogP contribution is -2.43. The topological polar surface area (TPSA) is 35.6 Å². The fraction of sp³-hybridized carbons (Fsp3) is 0.435. The van der Waals surface area contributed by atoms with E-state index in [2.05, 4.69) is 58.6 Å². The number of aryl methyl sites for hydroxylation is 1. The Balaban J connectivity index is 1.33. The molecule has 0 bridgehead atoms. The third-order valence-electron chi connectivity index (χ3n) is 5.90. The summed E-state index contributed by atoms with van der Waals surface area (Å²) in [5.41, 5.74) is 4.95. The molecule has 4 nitrogen and oxygen atoms in total. The molecule has 1 aliphatic carbocycles. The monoisotopic (exact) mass is 363 g/mol. The fourth-order valence-corrected chi connectivity index (χ4v) is 4.30. The lowest BCUT2D eigenvalue weighted by molar-refractivity contribution is -0.116. The van der Waals surface area contributed by atoms with Gasteiger partial charge in [0.15, 0.2) is 0 Å². The van der Waals surface area contributed by atoms with Crippen LogP contribution in [0.25, 0.3) is 0 Å². The number of nitrogens with one attached hydrogen (secondary N) is 1. The van der Waals surface area contributed by atoms with Crippen molar-refractivity contribution < 1.29 is 4.79 Å². The molecule has 2 aromatic rings. The predicted molar refractivity (Wildman–Crippen MR) is 110 cm³/mol. The molecule has 0 spiro atoms. The number of hydrogen-bond donors (Lipinski definition) is 1. The van der Waals surface area contributed by atoms with Crippen LogP contribution in [0.4, 0.5) is 5.69 Å². The maximum absolute atomic E-state index is 12.6. The highest BCUT2D eigenvalue weighted by Crippen LogP contribution is 2.35. The zero-order valence-electron chi connectivity index (χ0n) is 16.2. The van der Waals surface area contributed by atoms with Crippen molar-refractivity contribution in [1.82, 2.24) is 9.80 Å². The third-order valence-corrected chi connectivity index (χ3v) is 5.90. The summed E-state index contributed by atoms with van der Waals surface area (Å²) in [5, 5.41) is 3.12. The van der Waals surface area contributed by atoms with Gasteiger partial charge in [-0.1, -0.05) is 36.4 Å². The number of fused-ring (bicyclic) bond motifs is 1. The van der Waals surface area contributed by atoms with E-state index in [1.807, 2.05) is 12.1 Å². The lowest BCUT2D eigenvalue weighted by Gasteiger charge is -2.32. The number of piperazine rings is 1. The largest absolute Gasteiger partial charge is 0.326 e. The number of nitrogens with zero attached hydrogens (tertiary/aromatic N) is 2. The minimum absolute atomic E-state index is 0.119. The number of rotatable bonds is 5. The first-order chi connectivity index (χ1) is 13.2. The van der Waals surface area contributed by atoms with Gasteiger partial charge in [-0.2, -0.15) is 0 Å². The van der Waals surface area contributed by atoms with Crippen molar-refractivity contribution in [3.05, 3.63) is 65.2 Å². The van der Waals surface area contributed by atoms with Crippen LogP contribution in [0.1, 0.15) is 35.4 Å². The Bertz CT molecular complexity index is 796. The Morgan fingerprint density at radius 3 is 2.74 bits per heavy atom. The van der Waals surface area contributed by atoms with Crippen LogP contribution < -0.4 is 5.32 Å². The molecule has 0 saturated carbocycles. The van der Waals surface area contributed by atoms with Crippen LogP contribution in [-0.2, 0) is 17.8 Å². The molecular weight excluding hydrogens is 334 g/mol. The molecule has 1 amide bonds. The molecule has 1 saturated heterocycles. The number of likely N-dealkylation sites (N-methyl/N-ethyl adjacent to an activating group) is 1. The molecule has 4 rings (SSSR count). The highest BCUT2D eigenvalue weighted by molar-refractivity contribution is 5.91. The van der Waals surface area contributed by atoms with E-state index in [4.69, 9.17) is 0 Å². The van der Waals surface area contributed by atoms with Crippen LogP contribution >= 0.6 is 0 Å². The smallest absolute Gasteiger partial charge is 0.224 e. The first-order valence-electron chi connectivity index (χ1n) is 10.0. The first-order valence-corrected chi connectivity index (χ1v) is 10.0. The molecule has 1 atom stereocenters. The molecule has 2 aliphatic rings. The van der Waals surface area contributed by atoms with Gasteiger partial charge in [0.1, 0.15) is 0 Å². The van der Waals surface area contributed by atoms with Crippen molar-refractivity contribution in [2.24, 2.45) is 0 Å². The van der Waals surface area contributed by atoms with Gasteiger partial charge in [0.05, 0.1) is 0 Å². The summed E-state index contributed by atoms with van der Waals surface area (Å²) in [7, 11) is 2.18. The second kappa shape index (κ2) is 8.24. The van der Waals surface area contributed by atoms with Crippen molar-refractivity contribution in [3.63, 3.8) is 0 Å². The van der Waals surface area contributed by atoms with Crippen molar-refractivity contribution in [2.75, 3.05) is 38.5 Å². The SMILES string of the molecule is CN1CCN(Cc2cccc(NC(=O)CC3CCc4ccccc43)c2)CC1. The van der Waals surface area contributed by atoms with E-state index in [0.717, 1.165) is 51.3 Å². The molecule has 1 unspecified atom stereocenters. The van der Waals surface area contributed by atoms with Crippen LogP contribution in [0.5, 0.6) is 0 Å². The fourth-order valence-electron chi connectivity index (χ4n) is 4.30. The number of carbonyl (C=O) groups excluding carboxylic acids is 1. The Kier molecular flexibility index (Phi) is 5.55. The zero-order valence-corrected chi connectivity index (χ0v) is 16.2. The number of benzene rings is 2. The van der Waals surface area contributed by atoms with E-state index >= 15 is 0 Å². The van der Waals surface area contributed by atoms with Gasteiger partial charge in [-0.25, -0.2) is 0 Å². The van der Waals surface area contributed by atoms with Gasteiger partial charge in [-0.15, -0.1) is 0 Å². The van der Waals surface area contributed by atoms with E-state index in [-0.39, 0.29) is 5.91 Å². The number of hydrogen-bond acceptors (Lipinski definition) is 3. The van der Waals surface area contributed by atoms with Crippen LogP contribution in [0.3, 0.4) is 0 Å². The second-order valence-electron chi connectivity index (χ2n) is 7.97. The molecule has 142 valence electrons. The lowest BCUT2D eigenvalue weighted by atomic mass is 9.97. The van der Waals surface area contributed by atoms with Gasteiger partial charge in [0.2, 0.25) is 5.91 Å². The maximum atomic E-state index is 12.6. The van der Waals surface area contributed by atoms with Gasteiger partial charge in [0, 0.05) is 44.8 Å². The van der Waals surface area contributed by atoms with E-state index < -0.39 is 0 Å². The highest BCUT2D eigenvalue weighted by atomic mass is 16.1. The van der Waals surface area contributed by atoms with Crippen molar-refractivity contribution in [2.45, 2.75) is 31.7 Å². The molecule has 1 fully saturated rings. The number of carbonyl (C=O) groups is 1. The molecule has 27 heavy (non-hydrogen) atoms. The van der Waals surface area contributed by atoms with Gasteiger partial charge >= 0.3 is 0 Å². The molecular formula is C23H29N3O. The third kappa shape index (κ3) is 4.57. The van der Waals surface area contributed by atoms with Crippen LogP contribution in [0.2, 0.25) is 0 Å². The Labute approximate surface area is 162 Å². The van der Waals surface area contributed by atoms with Gasteiger partial charge < -0.3 is 10.2 Å². The molecule has 0 radical (unpaired) electrons. The quantitative estimate of drug-likeness (QED) is 0.883. The summed E-state index contributed by atoms with van der Waals surface area (Å²) in [6, 6.07) is 16.9. The molecule has 1 aliphatic heterocycles. The van der Waals surface area contributed by atoms with Gasteiger partial charge in [-0.3, -0.25) is 9.69 Å². The van der Waals surface area contributed by atoms with E-state index in [9.17, 15) is 4.79 Å². The summed E-state index contributed by atoms with van der Waals surface area (Å²) in [6.45, 7) is 5.41. The average Bonchev–Trinajstić information content (AvgIpc) is 3.07. The number of amides is 1. The zero-order chi connectivity index (χ0) is 18.6. The van der Waals surface area contributed by atoms with Crippen molar-refractivity contribution >= 4 is 11.6 Å². The number of anilines is 1. The summed E-state index contributed by atoms with van der Waals surface area (Å²) in [5.74, 6) is 0.475. The Morgan fingerprint density at radius 2 is 1.89 bits per heavy atom. The standard InChI is InChI=1S/C23H29N3O/c1-25-11-13-26(14-12-25)17-18-5-4-7-21(15-18)24-23(27)16-20-10-9-19-6-2-3-8-22(19)20/h2-8,15,20H,9-14,16-17H2,1H3,(H,24,27). The summed E-state index contributed by atoms with van der Waals surface area (Å²) < 4.78 is 0. The maximum Gasteiger partial charge on any atom is 0.224 e. The summed E-state index contributed by atoms with van der Waals surface area (Å²) in [6.07, 6.45) is 2.74. The minimum atomic E-state index is 0.119. The molecule has 4 heteroatoms. The first kappa shape index (κ1) is 18.2. The Hall–Kier alpha value is -2.17. The summed E-state index contributed by atoms with van der Waals surface area (Å²) in [4.78, 5) is 17.4. The van der Waals surface area contributed by atoms with Crippen LogP contribution in [-0.4, -0.2) is 48.9 Å². The van der Waals surface area contributed by atoms with Gasteiger partial charge in [-0.05, 0) is 54.6 Å². The second-order valence-corrected chi connectivity index (χ2v) is 7.97. The van der Waals surface area contributed by atoms with E-state index in [1.54, 1.807) is 0 Å². The molecule has 1 N–H and O–H groups in total. The molecule has 0 aromatic heterocycles. The van der Waals surface area contributed by atoms with Crippen LogP contribution in [0, 0.1) is 0 Å². The van der Waals surface area contributed by atoms with E-state index in [0.29, 0.717) is 12.3 Å². The van der Waals surface area contributed by atoms with Crippen molar-refractivity contribution in [3.8, 4) is 0 Å². The average molecular weight is 364 g/mol. The Morgan fingerprint density at radius 1 is 1.07 bits per heavy atom. The summed E-state index contributed by atoms with van der Waals surface area (Å²) >= 11 is 0. The normalized spacial score (nSPS) is 20.4. The highest BCUT2D eigenvalue weighted by Gasteiger charge is 2.24. The molecule has 2 aromatic carbocycles. The minimum Gasteiger partial charge on any atom is -0.326 e. The molecule has 1 heterocycles. The van der Waals surface area contributed by atoms with E-state index in [1.165, 1.54) is 16.7 Å². The predicted octanol–water partition coefficient (Wildman–Crippen LogP) is 3.49.